The van der Waals surface area contributed by atoms with Crippen molar-refractivity contribution in [1.29, 1.82) is 0 Å². The van der Waals surface area contributed by atoms with Crippen LogP contribution >= 0.6 is 0 Å². The van der Waals surface area contributed by atoms with Crippen molar-refractivity contribution in [2.45, 2.75) is 10.9 Å². The topological polar surface area (TPSA) is 78.5 Å². The Morgan fingerprint density at radius 2 is 1.65 bits per heavy atom. The van der Waals surface area contributed by atoms with Gasteiger partial charge in [0.15, 0.2) is 0 Å². The van der Waals surface area contributed by atoms with Crippen molar-refractivity contribution in [3.05, 3.63) is 95.8 Å². The molecule has 1 amide bonds. The summed E-state index contributed by atoms with van der Waals surface area (Å²) in [5.74, 6) is -0.838. The molecule has 2 N–H and O–H groups in total. The Labute approximate surface area is 181 Å². The van der Waals surface area contributed by atoms with E-state index >= 15 is 0 Å². The summed E-state index contributed by atoms with van der Waals surface area (Å²) in [5.41, 5.74) is 1.52. The Balaban J connectivity index is 1.72. The molecule has 3 rings (SSSR count). The molecule has 1 atom stereocenters. The summed E-state index contributed by atoms with van der Waals surface area (Å²) in [6, 6.07) is 20.5. The van der Waals surface area contributed by atoms with Crippen LogP contribution in [0.2, 0.25) is 0 Å². The van der Waals surface area contributed by atoms with E-state index in [1.165, 1.54) is 30.3 Å². The summed E-state index contributed by atoms with van der Waals surface area (Å²) in [7, 11) is -0.0732. The summed E-state index contributed by atoms with van der Waals surface area (Å²) >= 11 is 0. The van der Waals surface area contributed by atoms with Crippen LogP contribution in [0.15, 0.2) is 83.8 Å². The third-order valence-corrected chi connectivity index (χ3v) is 6.15. The maximum Gasteiger partial charge on any atom is 0.261 e. The zero-order valence-corrected chi connectivity index (χ0v) is 18.1. The number of halogens is 1. The Morgan fingerprint density at radius 3 is 2.29 bits per heavy atom. The lowest BCUT2D eigenvalue weighted by atomic mass is 10.1. The number of anilines is 1. The van der Waals surface area contributed by atoms with E-state index in [9.17, 15) is 17.6 Å². The van der Waals surface area contributed by atoms with E-state index < -0.39 is 15.8 Å². The standard InChI is InChI=1S/C23H24FN3O3S/c1-27(2)22(17-7-4-3-5-8-17)16-25-23(28)18-9-6-10-21(15-18)31(29,30)26-20-13-11-19(24)12-14-20/h3-15,22,26H,16H2,1-2H3,(H,25,28). The van der Waals surface area contributed by atoms with Gasteiger partial charge in [0.05, 0.1) is 10.9 Å². The van der Waals surface area contributed by atoms with Crippen LogP contribution in [0.25, 0.3) is 0 Å². The van der Waals surface area contributed by atoms with Crippen molar-refractivity contribution >= 4 is 21.6 Å². The molecule has 0 saturated heterocycles. The van der Waals surface area contributed by atoms with Gasteiger partial charge in [0.1, 0.15) is 5.82 Å². The highest BCUT2D eigenvalue weighted by Gasteiger charge is 2.19. The van der Waals surface area contributed by atoms with Crippen LogP contribution in [-0.2, 0) is 10.0 Å². The van der Waals surface area contributed by atoms with Gasteiger partial charge in [-0.05, 0) is 62.1 Å². The zero-order valence-electron chi connectivity index (χ0n) is 17.2. The highest BCUT2D eigenvalue weighted by molar-refractivity contribution is 7.92. The molecule has 0 heterocycles. The number of sulfonamides is 1. The predicted octanol–water partition coefficient (Wildman–Crippen LogP) is 3.66. The number of nitrogens with zero attached hydrogens (tertiary/aromatic N) is 1. The molecule has 0 aliphatic heterocycles. The van der Waals surface area contributed by atoms with Crippen LogP contribution in [-0.4, -0.2) is 39.9 Å². The number of benzene rings is 3. The predicted molar refractivity (Wildman–Crippen MR) is 119 cm³/mol. The molecule has 8 heteroatoms. The Hall–Kier alpha value is -3.23. The molecule has 3 aromatic rings. The molecule has 6 nitrogen and oxygen atoms in total. The lowest BCUT2D eigenvalue weighted by Gasteiger charge is -2.25. The van der Waals surface area contributed by atoms with Crippen LogP contribution < -0.4 is 10.0 Å². The first-order valence-electron chi connectivity index (χ1n) is 9.64. The summed E-state index contributed by atoms with van der Waals surface area (Å²) in [6.07, 6.45) is 0. The van der Waals surface area contributed by atoms with Crippen molar-refractivity contribution in [2.75, 3.05) is 25.4 Å². The van der Waals surface area contributed by atoms with E-state index in [2.05, 4.69) is 10.0 Å². The third-order valence-electron chi connectivity index (χ3n) is 4.77. The number of carbonyl (C=O) groups excluding carboxylic acids is 1. The lowest BCUT2D eigenvalue weighted by Crippen LogP contribution is -2.34. The first-order valence-corrected chi connectivity index (χ1v) is 11.1. The van der Waals surface area contributed by atoms with Gasteiger partial charge in [0.25, 0.3) is 15.9 Å². The lowest BCUT2D eigenvalue weighted by molar-refractivity contribution is 0.0941. The minimum atomic E-state index is -3.93. The van der Waals surface area contributed by atoms with Crippen molar-refractivity contribution in [2.24, 2.45) is 0 Å². The molecule has 0 fully saturated rings. The van der Waals surface area contributed by atoms with Crippen molar-refractivity contribution in [3.63, 3.8) is 0 Å². The van der Waals surface area contributed by atoms with Gasteiger partial charge in [-0.1, -0.05) is 36.4 Å². The van der Waals surface area contributed by atoms with Crippen molar-refractivity contribution in [3.8, 4) is 0 Å². The normalized spacial score (nSPS) is 12.4. The fourth-order valence-electron chi connectivity index (χ4n) is 3.10. The number of hydrogen-bond donors (Lipinski definition) is 2. The smallest absolute Gasteiger partial charge is 0.261 e. The quantitative estimate of drug-likeness (QED) is 0.559. The number of amides is 1. The van der Waals surface area contributed by atoms with Crippen molar-refractivity contribution < 1.29 is 17.6 Å². The largest absolute Gasteiger partial charge is 0.350 e. The molecule has 0 radical (unpaired) electrons. The van der Waals surface area contributed by atoms with E-state index in [4.69, 9.17) is 0 Å². The number of rotatable bonds is 8. The molecule has 0 aromatic heterocycles. The molecule has 0 spiro atoms. The van der Waals surface area contributed by atoms with Crippen LogP contribution in [0.5, 0.6) is 0 Å². The summed E-state index contributed by atoms with van der Waals surface area (Å²) in [6.45, 7) is 0.362. The fourth-order valence-corrected chi connectivity index (χ4v) is 4.21. The average molecular weight is 442 g/mol. The number of likely N-dealkylation sites (N-methyl/N-ethyl adjacent to an activating group) is 1. The first kappa shape index (κ1) is 22.5. The van der Waals surface area contributed by atoms with Crippen LogP contribution in [0, 0.1) is 5.82 Å². The second-order valence-corrected chi connectivity index (χ2v) is 8.92. The molecule has 0 aliphatic carbocycles. The second-order valence-electron chi connectivity index (χ2n) is 7.24. The maximum atomic E-state index is 13.0. The van der Waals surface area contributed by atoms with Crippen molar-refractivity contribution in [1.82, 2.24) is 10.2 Å². The molecular weight excluding hydrogens is 417 g/mol. The number of hydrogen-bond acceptors (Lipinski definition) is 4. The fraction of sp³-hybridized carbons (Fsp3) is 0.174. The number of nitrogens with one attached hydrogen (secondary N) is 2. The molecule has 1 unspecified atom stereocenters. The van der Waals surface area contributed by atoms with Gasteiger partial charge < -0.3 is 10.2 Å². The van der Waals surface area contributed by atoms with Gasteiger partial charge in [-0.3, -0.25) is 9.52 Å². The summed E-state index contributed by atoms with van der Waals surface area (Å²) < 4.78 is 40.7. The zero-order chi connectivity index (χ0) is 22.4. The van der Waals surface area contributed by atoms with Gasteiger partial charge in [0.2, 0.25) is 0 Å². The van der Waals surface area contributed by atoms with Gasteiger partial charge in [-0.15, -0.1) is 0 Å². The molecule has 3 aromatic carbocycles. The molecule has 162 valence electrons. The van der Waals surface area contributed by atoms with Gasteiger partial charge in [-0.2, -0.15) is 0 Å². The van der Waals surface area contributed by atoms with E-state index in [1.807, 2.05) is 49.3 Å². The van der Waals surface area contributed by atoms with Crippen LogP contribution in [0.1, 0.15) is 22.0 Å². The summed E-state index contributed by atoms with van der Waals surface area (Å²) in [4.78, 5) is 14.6. The van der Waals surface area contributed by atoms with Crippen LogP contribution in [0.3, 0.4) is 0 Å². The van der Waals surface area contributed by atoms with Gasteiger partial charge in [-0.25, -0.2) is 12.8 Å². The van der Waals surface area contributed by atoms with E-state index in [1.54, 1.807) is 6.07 Å². The maximum absolute atomic E-state index is 13.0. The average Bonchev–Trinajstić information content (AvgIpc) is 2.76. The molecule has 0 bridgehead atoms. The van der Waals surface area contributed by atoms with Crippen LogP contribution in [0.4, 0.5) is 10.1 Å². The monoisotopic (exact) mass is 441 g/mol. The SMILES string of the molecule is CN(C)C(CNC(=O)c1cccc(S(=O)(=O)Nc2ccc(F)cc2)c1)c1ccccc1. The molecular formula is C23H24FN3O3S. The van der Waals surface area contributed by atoms with E-state index in [0.717, 1.165) is 17.7 Å². The Morgan fingerprint density at radius 1 is 0.968 bits per heavy atom. The Kier molecular flexibility index (Phi) is 7.04. The molecule has 0 saturated carbocycles. The molecule has 0 aliphatic rings. The minimum absolute atomic E-state index is 0.0304. The minimum Gasteiger partial charge on any atom is -0.350 e. The van der Waals surface area contributed by atoms with Gasteiger partial charge in [0, 0.05) is 17.8 Å². The third kappa shape index (κ3) is 5.90. The van der Waals surface area contributed by atoms with Gasteiger partial charge >= 0.3 is 0 Å². The Bertz CT molecular complexity index is 1130. The first-order chi connectivity index (χ1) is 14.8. The highest BCUT2D eigenvalue weighted by Crippen LogP contribution is 2.19. The van der Waals surface area contributed by atoms with E-state index in [-0.39, 0.29) is 28.1 Å². The molecule has 31 heavy (non-hydrogen) atoms. The summed E-state index contributed by atoms with van der Waals surface area (Å²) in [5, 5.41) is 2.88. The van der Waals surface area contributed by atoms with E-state index in [0.29, 0.717) is 6.54 Å². The number of carbonyl (C=O) groups is 1. The second kappa shape index (κ2) is 9.72. The highest BCUT2D eigenvalue weighted by atomic mass is 32.2.